The molecule has 1 aromatic carbocycles. The molecule has 110 valence electrons. The van der Waals surface area contributed by atoms with E-state index in [4.69, 9.17) is 4.74 Å². The molecule has 20 heavy (non-hydrogen) atoms. The molecule has 0 unspecified atom stereocenters. The molecular formula is C19H28O. The number of hydrogen-bond donors (Lipinski definition) is 0. The van der Waals surface area contributed by atoms with Crippen LogP contribution in [0, 0.1) is 11.8 Å². The van der Waals surface area contributed by atoms with E-state index >= 15 is 0 Å². The lowest BCUT2D eigenvalue weighted by atomic mass is 9.77. The van der Waals surface area contributed by atoms with E-state index in [0.717, 1.165) is 30.1 Å². The van der Waals surface area contributed by atoms with Crippen molar-refractivity contribution in [3.63, 3.8) is 0 Å². The molecule has 2 fully saturated rings. The molecule has 0 saturated heterocycles. The van der Waals surface area contributed by atoms with Crippen molar-refractivity contribution in [2.24, 2.45) is 11.8 Å². The third-order valence-corrected chi connectivity index (χ3v) is 5.08. The molecule has 1 nitrogen and oxygen atoms in total. The molecule has 0 N–H and O–H groups in total. The third kappa shape index (κ3) is 3.77. The van der Waals surface area contributed by atoms with Crippen molar-refractivity contribution in [1.29, 1.82) is 0 Å². The van der Waals surface area contributed by atoms with Gasteiger partial charge in [0.2, 0.25) is 0 Å². The Bertz CT molecular complexity index is 396. The SMILES string of the molecule is CCCC1CCC(c2ccc(OCC3CC3)cc2)CC1. The van der Waals surface area contributed by atoms with E-state index in [2.05, 4.69) is 31.2 Å². The minimum absolute atomic E-state index is 0.792. The van der Waals surface area contributed by atoms with Crippen LogP contribution >= 0.6 is 0 Å². The van der Waals surface area contributed by atoms with Crippen molar-refractivity contribution in [3.05, 3.63) is 29.8 Å². The van der Waals surface area contributed by atoms with E-state index in [-0.39, 0.29) is 0 Å². The van der Waals surface area contributed by atoms with Crippen molar-refractivity contribution >= 4 is 0 Å². The molecule has 0 bridgehead atoms. The molecule has 0 spiro atoms. The van der Waals surface area contributed by atoms with Gasteiger partial charge in [0.25, 0.3) is 0 Å². The van der Waals surface area contributed by atoms with E-state index in [9.17, 15) is 0 Å². The van der Waals surface area contributed by atoms with E-state index in [1.54, 1.807) is 0 Å². The summed E-state index contributed by atoms with van der Waals surface area (Å²) in [4.78, 5) is 0. The van der Waals surface area contributed by atoms with Crippen molar-refractivity contribution in [2.45, 2.75) is 64.2 Å². The average Bonchev–Trinajstić information content (AvgIpc) is 3.31. The number of hydrogen-bond acceptors (Lipinski definition) is 1. The Hall–Kier alpha value is -0.980. The van der Waals surface area contributed by atoms with Gasteiger partial charge in [-0.1, -0.05) is 31.9 Å². The highest BCUT2D eigenvalue weighted by Crippen LogP contribution is 2.38. The molecule has 0 heterocycles. The Morgan fingerprint density at radius 1 is 0.900 bits per heavy atom. The van der Waals surface area contributed by atoms with Gasteiger partial charge in [0.05, 0.1) is 6.61 Å². The summed E-state index contributed by atoms with van der Waals surface area (Å²) in [5.74, 6) is 3.68. The summed E-state index contributed by atoms with van der Waals surface area (Å²) in [6, 6.07) is 8.95. The van der Waals surface area contributed by atoms with E-state index in [1.165, 1.54) is 56.9 Å². The monoisotopic (exact) mass is 272 g/mol. The first-order chi connectivity index (χ1) is 9.85. The zero-order chi connectivity index (χ0) is 13.8. The van der Waals surface area contributed by atoms with Crippen LogP contribution in [0.1, 0.15) is 69.8 Å². The highest BCUT2D eigenvalue weighted by atomic mass is 16.5. The van der Waals surface area contributed by atoms with Gasteiger partial charge in [0.15, 0.2) is 0 Å². The Balaban J connectivity index is 1.49. The fourth-order valence-electron chi connectivity index (χ4n) is 3.53. The molecule has 2 aliphatic rings. The van der Waals surface area contributed by atoms with Gasteiger partial charge in [0.1, 0.15) is 5.75 Å². The van der Waals surface area contributed by atoms with Crippen LogP contribution in [0.2, 0.25) is 0 Å². The average molecular weight is 272 g/mol. The molecule has 1 aromatic rings. The number of rotatable bonds is 6. The molecule has 0 atom stereocenters. The summed E-state index contributed by atoms with van der Waals surface area (Å²) >= 11 is 0. The van der Waals surface area contributed by atoms with Gasteiger partial charge >= 0.3 is 0 Å². The maximum Gasteiger partial charge on any atom is 0.119 e. The highest BCUT2D eigenvalue weighted by molar-refractivity contribution is 5.29. The minimum atomic E-state index is 0.792. The maximum atomic E-state index is 5.82. The van der Waals surface area contributed by atoms with Gasteiger partial charge in [-0.2, -0.15) is 0 Å². The number of benzene rings is 1. The van der Waals surface area contributed by atoms with Crippen LogP contribution in [0.15, 0.2) is 24.3 Å². The predicted octanol–water partition coefficient (Wildman–Crippen LogP) is 5.55. The Kier molecular flexibility index (Phi) is 4.65. The summed E-state index contributed by atoms with van der Waals surface area (Å²) in [6.07, 6.45) is 11.1. The first kappa shape index (κ1) is 14.0. The summed E-state index contributed by atoms with van der Waals surface area (Å²) in [5, 5.41) is 0. The lowest BCUT2D eigenvalue weighted by Crippen LogP contribution is -2.13. The second-order valence-corrected chi connectivity index (χ2v) is 6.83. The fraction of sp³-hybridized carbons (Fsp3) is 0.684. The summed E-state index contributed by atoms with van der Waals surface area (Å²) in [6.45, 7) is 3.23. The second-order valence-electron chi connectivity index (χ2n) is 6.83. The summed E-state index contributed by atoms with van der Waals surface area (Å²) in [5.41, 5.74) is 1.53. The molecule has 2 aliphatic carbocycles. The molecule has 0 aliphatic heterocycles. The maximum absolute atomic E-state index is 5.82. The normalized spacial score (nSPS) is 26.4. The molecule has 1 heteroatoms. The van der Waals surface area contributed by atoms with Crippen LogP contribution in [0.4, 0.5) is 0 Å². The molecule has 2 saturated carbocycles. The van der Waals surface area contributed by atoms with Crippen LogP contribution in [-0.2, 0) is 0 Å². The lowest BCUT2D eigenvalue weighted by molar-refractivity contribution is 0.298. The highest BCUT2D eigenvalue weighted by Gasteiger charge is 2.23. The van der Waals surface area contributed by atoms with Crippen LogP contribution < -0.4 is 4.74 Å². The Morgan fingerprint density at radius 3 is 2.15 bits per heavy atom. The van der Waals surface area contributed by atoms with Gasteiger partial charge in [0, 0.05) is 0 Å². The van der Waals surface area contributed by atoms with Crippen molar-refractivity contribution in [2.75, 3.05) is 6.61 Å². The summed E-state index contributed by atoms with van der Waals surface area (Å²) in [7, 11) is 0. The van der Waals surface area contributed by atoms with Gasteiger partial charge in [-0.15, -0.1) is 0 Å². The van der Waals surface area contributed by atoms with Crippen molar-refractivity contribution in [3.8, 4) is 5.75 Å². The zero-order valence-electron chi connectivity index (χ0n) is 12.8. The molecule has 0 aromatic heterocycles. The first-order valence-electron chi connectivity index (χ1n) is 8.58. The topological polar surface area (TPSA) is 9.23 Å². The van der Waals surface area contributed by atoms with Gasteiger partial charge in [-0.25, -0.2) is 0 Å². The van der Waals surface area contributed by atoms with Gasteiger partial charge in [-0.05, 0) is 74.0 Å². The number of ether oxygens (including phenoxy) is 1. The Labute approximate surface area is 123 Å². The first-order valence-corrected chi connectivity index (χ1v) is 8.58. The predicted molar refractivity (Wildman–Crippen MR) is 84.3 cm³/mol. The van der Waals surface area contributed by atoms with Crippen LogP contribution in [-0.4, -0.2) is 6.61 Å². The van der Waals surface area contributed by atoms with Gasteiger partial charge < -0.3 is 4.74 Å². The standard InChI is InChI=1S/C19H28O/c1-2-3-15-6-8-17(9-7-15)18-10-12-19(13-11-18)20-14-16-4-5-16/h10-13,15-17H,2-9,14H2,1H3. The summed E-state index contributed by atoms with van der Waals surface area (Å²) < 4.78 is 5.82. The largest absolute Gasteiger partial charge is 0.493 e. The Morgan fingerprint density at radius 2 is 1.55 bits per heavy atom. The van der Waals surface area contributed by atoms with Crippen LogP contribution in [0.3, 0.4) is 0 Å². The second kappa shape index (κ2) is 6.65. The molecule has 0 radical (unpaired) electrons. The van der Waals surface area contributed by atoms with Crippen molar-refractivity contribution in [1.82, 2.24) is 0 Å². The third-order valence-electron chi connectivity index (χ3n) is 5.08. The van der Waals surface area contributed by atoms with Crippen LogP contribution in [0.25, 0.3) is 0 Å². The lowest BCUT2D eigenvalue weighted by Gasteiger charge is -2.28. The van der Waals surface area contributed by atoms with E-state index < -0.39 is 0 Å². The zero-order valence-corrected chi connectivity index (χ0v) is 12.8. The van der Waals surface area contributed by atoms with Crippen LogP contribution in [0.5, 0.6) is 5.75 Å². The van der Waals surface area contributed by atoms with Crippen molar-refractivity contribution < 1.29 is 4.74 Å². The molecular weight excluding hydrogens is 244 g/mol. The van der Waals surface area contributed by atoms with E-state index in [1.807, 2.05) is 0 Å². The molecule has 3 rings (SSSR count). The molecule has 0 amide bonds. The quantitative estimate of drug-likeness (QED) is 0.659. The minimum Gasteiger partial charge on any atom is -0.493 e. The smallest absolute Gasteiger partial charge is 0.119 e. The fourth-order valence-corrected chi connectivity index (χ4v) is 3.53. The van der Waals surface area contributed by atoms with Gasteiger partial charge in [-0.3, -0.25) is 0 Å². The van der Waals surface area contributed by atoms with E-state index in [0.29, 0.717) is 0 Å².